The first-order valence-corrected chi connectivity index (χ1v) is 8.29. The molecule has 0 bridgehead atoms. The van der Waals surface area contributed by atoms with E-state index in [1.807, 2.05) is 0 Å². The van der Waals surface area contributed by atoms with Crippen LogP contribution in [-0.4, -0.2) is 24.3 Å². The number of carbonyl (C=O) groups is 3. The van der Waals surface area contributed by atoms with Crippen molar-refractivity contribution < 1.29 is 18.8 Å². The van der Waals surface area contributed by atoms with E-state index >= 15 is 0 Å². The Kier molecular flexibility index (Phi) is 5.18. The summed E-state index contributed by atoms with van der Waals surface area (Å²) in [5.74, 6) is -2.41. The third-order valence-electron chi connectivity index (χ3n) is 3.87. The SMILES string of the molecule is O=C(Nc1cccc(N2CCCC2=O)c1)C(=O)Nc1ccc(F)c(Cl)c1. The fourth-order valence-electron chi connectivity index (χ4n) is 2.62. The largest absolute Gasteiger partial charge is 0.318 e. The highest BCUT2D eigenvalue weighted by atomic mass is 35.5. The first-order chi connectivity index (χ1) is 12.4. The highest BCUT2D eigenvalue weighted by molar-refractivity contribution is 6.43. The average Bonchev–Trinajstić information content (AvgIpc) is 3.04. The van der Waals surface area contributed by atoms with Crippen LogP contribution in [0.2, 0.25) is 5.02 Å². The van der Waals surface area contributed by atoms with Crippen LogP contribution in [-0.2, 0) is 14.4 Å². The molecule has 6 nitrogen and oxygen atoms in total. The van der Waals surface area contributed by atoms with Crippen LogP contribution in [0.4, 0.5) is 21.5 Å². The number of nitrogens with one attached hydrogen (secondary N) is 2. The van der Waals surface area contributed by atoms with Crippen molar-refractivity contribution in [1.29, 1.82) is 0 Å². The summed E-state index contributed by atoms with van der Waals surface area (Å²) >= 11 is 5.64. The van der Waals surface area contributed by atoms with Crippen molar-refractivity contribution in [2.24, 2.45) is 0 Å². The van der Waals surface area contributed by atoms with E-state index in [9.17, 15) is 18.8 Å². The fourth-order valence-corrected chi connectivity index (χ4v) is 2.80. The molecule has 0 unspecified atom stereocenters. The van der Waals surface area contributed by atoms with Gasteiger partial charge in [0.15, 0.2) is 0 Å². The Morgan fingerprint density at radius 3 is 2.35 bits per heavy atom. The Labute approximate surface area is 153 Å². The number of hydrogen-bond acceptors (Lipinski definition) is 3. The van der Waals surface area contributed by atoms with E-state index in [1.165, 1.54) is 12.1 Å². The maximum absolute atomic E-state index is 13.1. The van der Waals surface area contributed by atoms with Gasteiger partial charge in [0, 0.05) is 30.0 Å². The van der Waals surface area contributed by atoms with Gasteiger partial charge in [-0.1, -0.05) is 17.7 Å². The van der Waals surface area contributed by atoms with Gasteiger partial charge in [-0.25, -0.2) is 4.39 Å². The highest BCUT2D eigenvalue weighted by Crippen LogP contribution is 2.24. The number of amides is 3. The van der Waals surface area contributed by atoms with Gasteiger partial charge >= 0.3 is 11.8 Å². The van der Waals surface area contributed by atoms with E-state index in [4.69, 9.17) is 11.6 Å². The van der Waals surface area contributed by atoms with Crippen molar-refractivity contribution in [3.05, 3.63) is 53.3 Å². The minimum atomic E-state index is -0.921. The van der Waals surface area contributed by atoms with Crippen LogP contribution in [0.5, 0.6) is 0 Å². The predicted octanol–water partition coefficient (Wildman–Crippen LogP) is 3.18. The molecular formula is C18H15ClFN3O3. The molecule has 8 heteroatoms. The lowest BCUT2D eigenvalue weighted by Crippen LogP contribution is -2.29. The van der Waals surface area contributed by atoms with E-state index in [1.54, 1.807) is 29.2 Å². The van der Waals surface area contributed by atoms with Crippen LogP contribution in [0.3, 0.4) is 0 Å². The fraction of sp³-hybridized carbons (Fsp3) is 0.167. The molecule has 3 amide bonds. The summed E-state index contributed by atoms with van der Waals surface area (Å²) in [6.07, 6.45) is 1.29. The third kappa shape index (κ3) is 4.00. The lowest BCUT2D eigenvalue weighted by Gasteiger charge is -2.16. The smallest absolute Gasteiger partial charge is 0.314 e. The maximum Gasteiger partial charge on any atom is 0.314 e. The van der Waals surface area contributed by atoms with Crippen LogP contribution >= 0.6 is 11.6 Å². The first kappa shape index (κ1) is 17.9. The molecule has 1 fully saturated rings. The van der Waals surface area contributed by atoms with Crippen molar-refractivity contribution >= 4 is 46.4 Å². The molecule has 26 heavy (non-hydrogen) atoms. The Bertz CT molecular complexity index is 888. The zero-order valence-corrected chi connectivity index (χ0v) is 14.3. The lowest BCUT2D eigenvalue weighted by molar-refractivity contribution is -0.132. The van der Waals surface area contributed by atoms with Gasteiger partial charge in [0.05, 0.1) is 5.02 Å². The summed E-state index contributed by atoms with van der Waals surface area (Å²) < 4.78 is 13.1. The second-order valence-electron chi connectivity index (χ2n) is 5.74. The quantitative estimate of drug-likeness (QED) is 0.809. The van der Waals surface area contributed by atoms with Crippen molar-refractivity contribution in [2.75, 3.05) is 22.1 Å². The molecular weight excluding hydrogens is 361 g/mol. The number of anilines is 3. The second kappa shape index (κ2) is 7.53. The van der Waals surface area contributed by atoms with E-state index in [0.29, 0.717) is 24.3 Å². The molecule has 0 aromatic heterocycles. The summed E-state index contributed by atoms with van der Waals surface area (Å²) in [6.45, 7) is 0.627. The van der Waals surface area contributed by atoms with Gasteiger partial charge in [-0.2, -0.15) is 0 Å². The Hall–Kier alpha value is -2.93. The summed E-state index contributed by atoms with van der Waals surface area (Å²) in [5.41, 5.74) is 1.25. The molecule has 2 aromatic carbocycles. The van der Waals surface area contributed by atoms with Crippen LogP contribution in [0.15, 0.2) is 42.5 Å². The van der Waals surface area contributed by atoms with Gasteiger partial charge in [0.25, 0.3) is 0 Å². The molecule has 1 heterocycles. The van der Waals surface area contributed by atoms with Gasteiger partial charge in [0.2, 0.25) is 5.91 Å². The summed E-state index contributed by atoms with van der Waals surface area (Å²) in [5, 5.41) is 4.65. The molecule has 2 N–H and O–H groups in total. The molecule has 3 rings (SSSR count). The van der Waals surface area contributed by atoms with E-state index in [2.05, 4.69) is 10.6 Å². The first-order valence-electron chi connectivity index (χ1n) is 7.92. The lowest BCUT2D eigenvalue weighted by atomic mass is 10.2. The normalized spacial score (nSPS) is 13.6. The minimum Gasteiger partial charge on any atom is -0.318 e. The van der Waals surface area contributed by atoms with Crippen molar-refractivity contribution in [1.82, 2.24) is 0 Å². The Morgan fingerprint density at radius 2 is 1.73 bits per heavy atom. The second-order valence-corrected chi connectivity index (χ2v) is 6.14. The van der Waals surface area contributed by atoms with E-state index in [-0.39, 0.29) is 16.6 Å². The minimum absolute atomic E-state index is 0.0272. The molecule has 2 aromatic rings. The van der Waals surface area contributed by atoms with Crippen molar-refractivity contribution in [3.63, 3.8) is 0 Å². The summed E-state index contributed by atoms with van der Waals surface area (Å²) in [6, 6.07) is 10.3. The molecule has 1 aliphatic rings. The Balaban J connectivity index is 1.66. The predicted molar refractivity (Wildman–Crippen MR) is 96.7 cm³/mol. The third-order valence-corrected chi connectivity index (χ3v) is 4.16. The molecule has 0 radical (unpaired) electrons. The van der Waals surface area contributed by atoms with E-state index in [0.717, 1.165) is 12.5 Å². The van der Waals surface area contributed by atoms with Gasteiger partial charge < -0.3 is 15.5 Å². The average molecular weight is 376 g/mol. The number of hydrogen-bond donors (Lipinski definition) is 2. The monoisotopic (exact) mass is 375 g/mol. The molecule has 1 saturated heterocycles. The number of benzene rings is 2. The van der Waals surface area contributed by atoms with E-state index < -0.39 is 17.6 Å². The van der Waals surface area contributed by atoms with Gasteiger partial charge in [-0.05, 0) is 42.8 Å². The molecule has 0 atom stereocenters. The topological polar surface area (TPSA) is 78.5 Å². The van der Waals surface area contributed by atoms with Crippen molar-refractivity contribution in [3.8, 4) is 0 Å². The van der Waals surface area contributed by atoms with Crippen LogP contribution in [0.1, 0.15) is 12.8 Å². The molecule has 0 aliphatic carbocycles. The van der Waals surface area contributed by atoms with Gasteiger partial charge in [0.1, 0.15) is 5.82 Å². The number of rotatable bonds is 3. The standard InChI is InChI=1S/C18H15ClFN3O3/c19-14-10-12(6-7-15(14)20)22-18(26)17(25)21-11-3-1-4-13(9-11)23-8-2-5-16(23)24/h1,3-4,6-7,9-10H,2,5,8H2,(H,21,25)(H,22,26). The molecule has 1 aliphatic heterocycles. The number of halogens is 2. The summed E-state index contributed by atoms with van der Waals surface area (Å²) in [7, 11) is 0. The van der Waals surface area contributed by atoms with Crippen molar-refractivity contribution in [2.45, 2.75) is 12.8 Å². The van der Waals surface area contributed by atoms with Crippen LogP contribution in [0, 0.1) is 5.82 Å². The molecule has 0 saturated carbocycles. The molecule has 134 valence electrons. The summed E-state index contributed by atoms with van der Waals surface area (Å²) in [4.78, 5) is 37.5. The zero-order chi connectivity index (χ0) is 18.7. The number of nitrogens with zero attached hydrogens (tertiary/aromatic N) is 1. The maximum atomic E-state index is 13.1. The van der Waals surface area contributed by atoms with Crippen LogP contribution < -0.4 is 15.5 Å². The zero-order valence-electron chi connectivity index (χ0n) is 13.6. The molecule has 0 spiro atoms. The number of carbonyl (C=O) groups excluding carboxylic acids is 3. The highest BCUT2D eigenvalue weighted by Gasteiger charge is 2.22. The van der Waals surface area contributed by atoms with Gasteiger partial charge in [-0.3, -0.25) is 14.4 Å². The Morgan fingerprint density at radius 1 is 1.04 bits per heavy atom. The van der Waals surface area contributed by atoms with Gasteiger partial charge in [-0.15, -0.1) is 0 Å². The van der Waals surface area contributed by atoms with Crippen LogP contribution in [0.25, 0.3) is 0 Å².